The van der Waals surface area contributed by atoms with E-state index in [-0.39, 0.29) is 29.4 Å². The zero-order chi connectivity index (χ0) is 27.5. The molecule has 1 heterocycles. The van der Waals surface area contributed by atoms with Gasteiger partial charge in [0.25, 0.3) is 0 Å². The van der Waals surface area contributed by atoms with E-state index in [0.717, 1.165) is 37.2 Å². The van der Waals surface area contributed by atoms with Gasteiger partial charge in [0.15, 0.2) is 0 Å². The molecule has 9 heteroatoms. The maximum Gasteiger partial charge on any atom is 0.416 e. The van der Waals surface area contributed by atoms with Gasteiger partial charge >= 0.3 is 12.1 Å². The molecule has 4 atom stereocenters. The Bertz CT molecular complexity index is 1200. The lowest BCUT2D eigenvalue weighted by Crippen LogP contribution is -2.60. The van der Waals surface area contributed by atoms with Crippen LogP contribution in [0, 0.1) is 5.92 Å². The van der Waals surface area contributed by atoms with Gasteiger partial charge in [0, 0.05) is 44.0 Å². The summed E-state index contributed by atoms with van der Waals surface area (Å²) in [5, 5.41) is 3.06. The first-order valence-corrected chi connectivity index (χ1v) is 12.7. The Hall–Kier alpha value is -3.17. The molecule has 0 aromatic heterocycles. The number of hydrogen-bond donors (Lipinski definition) is 1. The fourth-order valence-corrected chi connectivity index (χ4v) is 5.99. The fraction of sp³-hybridized carbons (Fsp3) is 0.448. The summed E-state index contributed by atoms with van der Waals surface area (Å²) in [7, 11) is 3.76. The molecule has 0 radical (unpaired) electrons. The first kappa shape index (κ1) is 27.9. The van der Waals surface area contributed by atoms with Crippen LogP contribution >= 0.6 is 0 Å². The third kappa shape index (κ3) is 6.27. The first-order valence-electron chi connectivity index (χ1n) is 12.7. The van der Waals surface area contributed by atoms with Crippen molar-refractivity contribution in [2.24, 2.45) is 5.92 Å². The van der Waals surface area contributed by atoms with Gasteiger partial charge in [-0.3, -0.25) is 9.59 Å². The van der Waals surface area contributed by atoms with Crippen molar-refractivity contribution in [1.82, 2.24) is 10.2 Å². The van der Waals surface area contributed by atoms with E-state index in [9.17, 15) is 22.8 Å². The van der Waals surface area contributed by atoms with Crippen LogP contribution in [-0.4, -0.2) is 56.2 Å². The molecule has 1 aliphatic carbocycles. The predicted molar refractivity (Wildman–Crippen MR) is 137 cm³/mol. The minimum atomic E-state index is -4.45. The zero-order valence-corrected chi connectivity index (χ0v) is 21.8. The number of hydrogen-bond acceptors (Lipinski definition) is 5. The minimum absolute atomic E-state index is 0.123. The lowest BCUT2D eigenvalue weighted by Gasteiger charge is -2.55. The number of amides is 1. The number of halogens is 3. The van der Waals surface area contributed by atoms with Crippen LogP contribution in [0.15, 0.2) is 54.6 Å². The Morgan fingerprint density at radius 3 is 2.63 bits per heavy atom. The van der Waals surface area contributed by atoms with Gasteiger partial charge in [-0.1, -0.05) is 24.3 Å². The van der Waals surface area contributed by atoms with Crippen molar-refractivity contribution in [3.05, 3.63) is 71.3 Å². The molecule has 204 valence electrons. The molecule has 1 saturated carbocycles. The highest BCUT2D eigenvalue weighted by Crippen LogP contribution is 2.50. The van der Waals surface area contributed by atoms with Crippen molar-refractivity contribution in [3.63, 3.8) is 0 Å². The second-order valence-electron chi connectivity index (χ2n) is 10.3. The summed E-state index contributed by atoms with van der Waals surface area (Å²) in [6.07, 6.45) is 0.200. The van der Waals surface area contributed by atoms with Crippen LogP contribution in [0.25, 0.3) is 6.08 Å². The van der Waals surface area contributed by atoms with Crippen LogP contribution in [0.1, 0.15) is 42.9 Å². The first-order chi connectivity index (χ1) is 18.0. The van der Waals surface area contributed by atoms with Crippen molar-refractivity contribution in [1.29, 1.82) is 0 Å². The van der Waals surface area contributed by atoms with Crippen molar-refractivity contribution < 1.29 is 32.2 Å². The molecule has 0 bridgehead atoms. The van der Waals surface area contributed by atoms with Gasteiger partial charge in [0.1, 0.15) is 5.75 Å². The monoisotopic (exact) mass is 530 g/mol. The molecule has 38 heavy (non-hydrogen) atoms. The Morgan fingerprint density at radius 1 is 1.16 bits per heavy atom. The third-order valence-electron chi connectivity index (χ3n) is 7.69. The molecule has 1 saturated heterocycles. The molecule has 2 fully saturated rings. The number of likely N-dealkylation sites (tertiary alicyclic amines) is 1. The highest BCUT2D eigenvalue weighted by molar-refractivity contribution is 5.92. The van der Waals surface area contributed by atoms with Gasteiger partial charge in [-0.2, -0.15) is 13.2 Å². The fourth-order valence-electron chi connectivity index (χ4n) is 5.99. The summed E-state index contributed by atoms with van der Waals surface area (Å²) in [4.78, 5) is 26.7. The maximum absolute atomic E-state index is 13.0. The van der Waals surface area contributed by atoms with E-state index in [2.05, 4.69) is 17.3 Å². The van der Waals surface area contributed by atoms with Crippen LogP contribution in [0.5, 0.6) is 5.75 Å². The van der Waals surface area contributed by atoms with Crippen molar-refractivity contribution >= 4 is 18.0 Å². The lowest BCUT2D eigenvalue weighted by atomic mass is 9.57. The highest BCUT2D eigenvalue weighted by Gasteiger charge is 2.52. The van der Waals surface area contributed by atoms with Gasteiger partial charge in [-0.25, -0.2) is 0 Å². The quantitative estimate of drug-likeness (QED) is 0.329. The van der Waals surface area contributed by atoms with Gasteiger partial charge in [0.2, 0.25) is 5.91 Å². The number of rotatable bonds is 6. The van der Waals surface area contributed by atoms with Crippen molar-refractivity contribution in [2.45, 2.75) is 49.9 Å². The average Bonchev–Trinajstić information content (AvgIpc) is 2.87. The van der Waals surface area contributed by atoms with E-state index >= 15 is 0 Å². The molecular weight excluding hydrogens is 497 g/mol. The molecule has 2 aromatic rings. The van der Waals surface area contributed by atoms with Gasteiger partial charge < -0.3 is 19.7 Å². The number of benzene rings is 2. The number of nitrogens with one attached hydrogen (secondary N) is 1. The smallest absolute Gasteiger partial charge is 0.416 e. The number of alkyl halides is 3. The molecule has 4 unspecified atom stereocenters. The molecule has 1 N–H and O–H groups in total. The second-order valence-corrected chi connectivity index (χ2v) is 10.3. The number of nitrogens with zero attached hydrogens (tertiary/aromatic N) is 1. The number of methoxy groups -OCH3 is 1. The van der Waals surface area contributed by atoms with E-state index in [4.69, 9.17) is 9.47 Å². The number of esters is 1. The van der Waals surface area contributed by atoms with Gasteiger partial charge in [0.05, 0.1) is 11.7 Å². The van der Waals surface area contributed by atoms with E-state index in [1.54, 1.807) is 13.2 Å². The van der Waals surface area contributed by atoms with E-state index in [1.807, 2.05) is 18.2 Å². The summed E-state index contributed by atoms with van der Waals surface area (Å²) >= 11 is 0. The van der Waals surface area contributed by atoms with Crippen LogP contribution < -0.4 is 10.1 Å². The Kier molecular flexibility index (Phi) is 8.28. The lowest BCUT2D eigenvalue weighted by molar-refractivity contribution is -0.137. The second kappa shape index (κ2) is 11.3. The number of carbonyl (C=O) groups is 2. The maximum atomic E-state index is 13.0. The highest BCUT2D eigenvalue weighted by atomic mass is 19.4. The number of fused-ring (bicyclic) bond motifs is 1. The third-order valence-corrected chi connectivity index (χ3v) is 7.69. The number of piperidine rings is 1. The molecule has 4 rings (SSSR count). The normalized spacial score (nSPS) is 26.1. The Labute approximate surface area is 220 Å². The van der Waals surface area contributed by atoms with Crippen LogP contribution in [0.3, 0.4) is 0 Å². The van der Waals surface area contributed by atoms with Crippen LogP contribution in [-0.2, 0) is 25.9 Å². The minimum Gasteiger partial charge on any atom is -0.427 e. The molecular formula is C29H33F3N2O4. The topological polar surface area (TPSA) is 67.9 Å². The van der Waals surface area contributed by atoms with E-state index in [1.165, 1.54) is 31.2 Å². The summed E-state index contributed by atoms with van der Waals surface area (Å²) in [5.74, 6) is -0.132. The van der Waals surface area contributed by atoms with Crippen molar-refractivity contribution in [2.75, 3.05) is 27.2 Å². The predicted octanol–water partition coefficient (Wildman–Crippen LogP) is 4.83. The van der Waals surface area contributed by atoms with E-state index in [0.29, 0.717) is 24.2 Å². The summed E-state index contributed by atoms with van der Waals surface area (Å²) in [5.41, 5.74) is 0.253. The SMILES string of the molecule is COC1CC(NC(=O)C=Cc2cccc(C(F)(F)F)c2)CC2(c3cccc(OC(C)=O)c3)CCN(C)CC12. The average molecular weight is 531 g/mol. The van der Waals surface area contributed by atoms with Gasteiger partial charge in [-0.15, -0.1) is 0 Å². The summed E-state index contributed by atoms with van der Waals surface area (Å²) in [6, 6.07) is 12.2. The van der Waals surface area contributed by atoms with E-state index < -0.39 is 17.7 Å². The molecule has 1 amide bonds. The number of ether oxygens (including phenoxy) is 2. The standard InChI is InChI=1S/C29H33F3N2O4/c1-19(35)38-24-9-5-7-21(15-24)28-12-13-34(2)18-25(28)26(37-3)16-23(17-28)33-27(36)11-10-20-6-4-8-22(14-20)29(30,31)32/h4-11,14-15,23,25-26H,12-13,16-18H2,1-3H3,(H,33,36). The van der Waals surface area contributed by atoms with Crippen LogP contribution in [0.2, 0.25) is 0 Å². The molecule has 6 nitrogen and oxygen atoms in total. The summed E-state index contributed by atoms with van der Waals surface area (Å²) < 4.78 is 50.4. The molecule has 2 aromatic carbocycles. The largest absolute Gasteiger partial charge is 0.427 e. The molecule has 1 aliphatic heterocycles. The Morgan fingerprint density at radius 2 is 1.92 bits per heavy atom. The van der Waals surface area contributed by atoms with Gasteiger partial charge in [-0.05, 0) is 74.3 Å². The molecule has 0 spiro atoms. The molecule has 2 aliphatic rings. The van der Waals surface area contributed by atoms with Crippen LogP contribution in [0.4, 0.5) is 13.2 Å². The number of carbonyl (C=O) groups excluding carboxylic acids is 2. The Balaban J connectivity index is 1.57. The van der Waals surface area contributed by atoms with Crippen molar-refractivity contribution in [3.8, 4) is 5.75 Å². The zero-order valence-electron chi connectivity index (χ0n) is 21.8. The summed E-state index contributed by atoms with van der Waals surface area (Å²) in [6.45, 7) is 3.05.